The standard InChI is InChI=1S/C17H30N4O2/c1-5-16-14(3)19-21(15(16)4)7-6-18-17(22)13(2)12-20-8-10-23-11-9-20/h13H,5-12H2,1-4H3,(H,18,22). The van der Waals surface area contributed by atoms with Crippen molar-refractivity contribution in [3.63, 3.8) is 0 Å². The smallest absolute Gasteiger partial charge is 0.224 e. The van der Waals surface area contributed by atoms with Crippen LogP contribution < -0.4 is 5.32 Å². The highest BCUT2D eigenvalue weighted by atomic mass is 16.5. The molecule has 0 aliphatic carbocycles. The minimum absolute atomic E-state index is 0.000225. The van der Waals surface area contributed by atoms with E-state index in [1.165, 1.54) is 11.3 Å². The molecule has 2 heterocycles. The first-order chi connectivity index (χ1) is 11.0. The average molecular weight is 322 g/mol. The molecule has 1 amide bonds. The number of aryl methyl sites for hydroxylation is 1. The second kappa shape index (κ2) is 8.45. The van der Waals surface area contributed by atoms with Crippen LogP contribution in [0, 0.1) is 19.8 Å². The minimum Gasteiger partial charge on any atom is -0.379 e. The maximum Gasteiger partial charge on any atom is 0.224 e. The summed E-state index contributed by atoms with van der Waals surface area (Å²) >= 11 is 0. The van der Waals surface area contributed by atoms with Gasteiger partial charge in [0.1, 0.15) is 0 Å². The molecule has 2 rings (SSSR count). The minimum atomic E-state index is -0.000225. The molecule has 0 spiro atoms. The summed E-state index contributed by atoms with van der Waals surface area (Å²) in [4.78, 5) is 14.5. The molecule has 0 aromatic carbocycles. The number of morpholine rings is 1. The molecule has 1 N–H and O–H groups in total. The summed E-state index contributed by atoms with van der Waals surface area (Å²) in [5.74, 6) is 0.119. The third-order valence-electron chi connectivity index (χ3n) is 4.59. The summed E-state index contributed by atoms with van der Waals surface area (Å²) in [5.41, 5.74) is 3.62. The number of hydrogen-bond donors (Lipinski definition) is 1. The third-order valence-corrected chi connectivity index (χ3v) is 4.59. The number of hydrogen-bond acceptors (Lipinski definition) is 4. The van der Waals surface area contributed by atoms with Crippen LogP contribution in [0.5, 0.6) is 0 Å². The van der Waals surface area contributed by atoms with Gasteiger partial charge >= 0.3 is 0 Å². The number of rotatable bonds is 7. The lowest BCUT2D eigenvalue weighted by atomic mass is 10.1. The molecule has 0 saturated carbocycles. The Hall–Kier alpha value is -1.40. The predicted octanol–water partition coefficient (Wildman–Crippen LogP) is 1.15. The molecular formula is C17H30N4O2. The summed E-state index contributed by atoms with van der Waals surface area (Å²) in [7, 11) is 0. The fourth-order valence-electron chi connectivity index (χ4n) is 3.18. The van der Waals surface area contributed by atoms with Crippen molar-refractivity contribution in [2.24, 2.45) is 5.92 Å². The van der Waals surface area contributed by atoms with Crippen LogP contribution in [0.4, 0.5) is 0 Å². The zero-order valence-corrected chi connectivity index (χ0v) is 14.9. The molecule has 1 saturated heterocycles. The van der Waals surface area contributed by atoms with Crippen LogP contribution in [-0.4, -0.2) is 60.0 Å². The normalized spacial score (nSPS) is 17.2. The number of nitrogens with one attached hydrogen (secondary N) is 1. The van der Waals surface area contributed by atoms with Gasteiger partial charge in [0.05, 0.1) is 25.5 Å². The van der Waals surface area contributed by atoms with Crippen LogP contribution in [0.1, 0.15) is 30.8 Å². The van der Waals surface area contributed by atoms with Crippen LogP contribution in [0.3, 0.4) is 0 Å². The van der Waals surface area contributed by atoms with Gasteiger partial charge in [-0.25, -0.2) is 0 Å². The Morgan fingerprint density at radius 2 is 2.04 bits per heavy atom. The van der Waals surface area contributed by atoms with E-state index in [4.69, 9.17) is 4.74 Å². The predicted molar refractivity (Wildman–Crippen MR) is 90.5 cm³/mol. The zero-order chi connectivity index (χ0) is 16.8. The van der Waals surface area contributed by atoms with Crippen LogP contribution >= 0.6 is 0 Å². The maximum absolute atomic E-state index is 12.2. The number of ether oxygens (including phenoxy) is 1. The van der Waals surface area contributed by atoms with E-state index in [0.717, 1.165) is 51.5 Å². The largest absolute Gasteiger partial charge is 0.379 e. The Morgan fingerprint density at radius 1 is 1.35 bits per heavy atom. The summed E-state index contributed by atoms with van der Waals surface area (Å²) in [6.45, 7) is 13.8. The Labute approximate surface area is 139 Å². The lowest BCUT2D eigenvalue weighted by molar-refractivity contribution is -0.125. The fraction of sp³-hybridized carbons (Fsp3) is 0.765. The van der Waals surface area contributed by atoms with Gasteiger partial charge in [0.2, 0.25) is 5.91 Å². The summed E-state index contributed by atoms with van der Waals surface area (Å²) in [6.07, 6.45) is 1.00. The first-order valence-corrected chi connectivity index (χ1v) is 8.63. The van der Waals surface area contributed by atoms with Gasteiger partial charge in [-0.3, -0.25) is 14.4 Å². The summed E-state index contributed by atoms with van der Waals surface area (Å²) in [6, 6.07) is 0. The number of nitrogens with zero attached hydrogens (tertiary/aromatic N) is 3. The fourth-order valence-corrected chi connectivity index (χ4v) is 3.18. The van der Waals surface area contributed by atoms with E-state index in [1.807, 2.05) is 18.5 Å². The van der Waals surface area contributed by atoms with Crippen LogP contribution in [0.25, 0.3) is 0 Å². The Bertz CT molecular complexity index is 521. The molecule has 1 aliphatic rings. The molecule has 23 heavy (non-hydrogen) atoms. The number of carbonyl (C=O) groups is 1. The van der Waals surface area contributed by atoms with Crippen molar-refractivity contribution in [1.82, 2.24) is 20.0 Å². The van der Waals surface area contributed by atoms with Gasteiger partial charge in [0.25, 0.3) is 0 Å². The van der Waals surface area contributed by atoms with E-state index in [0.29, 0.717) is 6.54 Å². The molecule has 1 fully saturated rings. The van der Waals surface area contributed by atoms with Gasteiger partial charge in [-0.05, 0) is 25.8 Å². The van der Waals surface area contributed by atoms with E-state index in [9.17, 15) is 4.79 Å². The van der Waals surface area contributed by atoms with Crippen LogP contribution in [0.15, 0.2) is 0 Å². The van der Waals surface area contributed by atoms with E-state index in [2.05, 4.69) is 29.2 Å². The number of amides is 1. The van der Waals surface area contributed by atoms with Gasteiger partial charge in [-0.2, -0.15) is 5.10 Å². The quantitative estimate of drug-likeness (QED) is 0.818. The van der Waals surface area contributed by atoms with E-state index >= 15 is 0 Å². The Morgan fingerprint density at radius 3 is 2.65 bits per heavy atom. The number of carbonyl (C=O) groups excluding carboxylic acids is 1. The van der Waals surface area contributed by atoms with Crippen molar-refractivity contribution in [1.29, 1.82) is 0 Å². The topological polar surface area (TPSA) is 59.4 Å². The summed E-state index contributed by atoms with van der Waals surface area (Å²) < 4.78 is 7.34. The molecule has 1 unspecified atom stereocenters. The first-order valence-electron chi connectivity index (χ1n) is 8.63. The highest BCUT2D eigenvalue weighted by molar-refractivity contribution is 5.78. The second-order valence-electron chi connectivity index (χ2n) is 6.33. The molecule has 6 heteroatoms. The highest BCUT2D eigenvalue weighted by Gasteiger charge is 2.18. The molecule has 0 radical (unpaired) electrons. The Kier molecular flexibility index (Phi) is 6.59. The molecule has 130 valence electrons. The zero-order valence-electron chi connectivity index (χ0n) is 14.9. The molecule has 1 atom stereocenters. The van der Waals surface area contributed by atoms with Crippen LogP contribution in [-0.2, 0) is 22.5 Å². The molecule has 1 aliphatic heterocycles. The maximum atomic E-state index is 12.2. The van der Waals surface area contributed by atoms with Crippen molar-refractivity contribution in [3.05, 3.63) is 17.0 Å². The molecule has 1 aromatic rings. The van der Waals surface area contributed by atoms with E-state index < -0.39 is 0 Å². The van der Waals surface area contributed by atoms with Gasteiger partial charge in [-0.15, -0.1) is 0 Å². The van der Waals surface area contributed by atoms with Crippen molar-refractivity contribution in [2.45, 2.75) is 40.7 Å². The van der Waals surface area contributed by atoms with Gasteiger partial charge in [0, 0.05) is 37.8 Å². The molecular weight excluding hydrogens is 292 g/mol. The molecule has 0 bridgehead atoms. The van der Waals surface area contributed by atoms with Gasteiger partial charge in [-0.1, -0.05) is 13.8 Å². The Balaban J connectivity index is 1.75. The first kappa shape index (κ1) is 17.9. The number of aromatic nitrogens is 2. The third kappa shape index (κ3) is 4.78. The monoisotopic (exact) mass is 322 g/mol. The SMILES string of the molecule is CCc1c(C)nn(CCNC(=O)C(C)CN2CCOCC2)c1C. The summed E-state index contributed by atoms with van der Waals surface area (Å²) in [5, 5.41) is 7.60. The van der Waals surface area contributed by atoms with Crippen molar-refractivity contribution < 1.29 is 9.53 Å². The van der Waals surface area contributed by atoms with Crippen molar-refractivity contribution in [2.75, 3.05) is 39.4 Å². The van der Waals surface area contributed by atoms with Gasteiger partial charge < -0.3 is 10.1 Å². The second-order valence-corrected chi connectivity index (χ2v) is 6.33. The van der Waals surface area contributed by atoms with E-state index in [-0.39, 0.29) is 11.8 Å². The lowest BCUT2D eigenvalue weighted by Gasteiger charge is -2.28. The van der Waals surface area contributed by atoms with Crippen molar-refractivity contribution in [3.8, 4) is 0 Å². The lowest BCUT2D eigenvalue weighted by Crippen LogP contribution is -2.43. The van der Waals surface area contributed by atoms with Crippen molar-refractivity contribution >= 4 is 5.91 Å². The molecule has 1 aromatic heterocycles. The average Bonchev–Trinajstić information content (AvgIpc) is 2.81. The van der Waals surface area contributed by atoms with Crippen LogP contribution in [0.2, 0.25) is 0 Å². The van der Waals surface area contributed by atoms with E-state index in [1.54, 1.807) is 0 Å². The highest BCUT2D eigenvalue weighted by Crippen LogP contribution is 2.13. The molecule has 6 nitrogen and oxygen atoms in total. The van der Waals surface area contributed by atoms with Gasteiger partial charge in [0.15, 0.2) is 0 Å².